The number of alkyl halides is 3. The van der Waals surface area contributed by atoms with Crippen molar-refractivity contribution in [2.75, 3.05) is 31.1 Å². The van der Waals surface area contributed by atoms with Gasteiger partial charge in [-0.25, -0.2) is 9.37 Å². The number of pyridine rings is 1. The molecular weight excluding hydrogens is 428 g/mol. The first kappa shape index (κ1) is 23.5. The van der Waals surface area contributed by atoms with Gasteiger partial charge in [-0.1, -0.05) is 12.1 Å². The van der Waals surface area contributed by atoms with E-state index in [1.54, 1.807) is 0 Å². The van der Waals surface area contributed by atoms with Gasteiger partial charge in [-0.2, -0.15) is 13.2 Å². The maximum Gasteiger partial charge on any atom is 0.419 e. The van der Waals surface area contributed by atoms with Crippen LogP contribution >= 0.6 is 0 Å². The Labute approximate surface area is 183 Å². The first-order valence-electron chi connectivity index (χ1n) is 10.3. The number of carbonyl (C=O) groups is 2. The Bertz CT molecular complexity index is 934. The lowest BCUT2D eigenvalue weighted by Crippen LogP contribution is -2.45. The number of anilines is 1. The second kappa shape index (κ2) is 10.4. The molecule has 1 unspecified atom stereocenters. The second-order valence-corrected chi connectivity index (χ2v) is 7.60. The molecule has 3 rings (SSSR count). The number of benzene rings is 1. The highest BCUT2D eigenvalue weighted by atomic mass is 19.4. The molecule has 172 valence electrons. The van der Waals surface area contributed by atoms with Gasteiger partial charge in [0.15, 0.2) is 0 Å². The van der Waals surface area contributed by atoms with Gasteiger partial charge in [0.25, 0.3) is 0 Å². The molecule has 1 aliphatic rings. The fourth-order valence-electron chi connectivity index (χ4n) is 3.64. The molecule has 0 saturated carbocycles. The van der Waals surface area contributed by atoms with Gasteiger partial charge in [-0.05, 0) is 42.7 Å². The lowest BCUT2D eigenvalue weighted by molar-refractivity contribution is -0.137. The standard InChI is InChI=1S/C22H24F4N4O2/c23-17-7-5-15(6-8-17)13-19(31)27-10-11-29-21(32)16-3-2-12-30(14-16)20-18(22(24,25)26)4-1-9-28-20/h1,4-9,16H,2-3,10-14H2,(H,27,31)(H,29,32). The molecule has 1 aromatic heterocycles. The van der Waals surface area contributed by atoms with E-state index in [1.165, 1.54) is 41.4 Å². The summed E-state index contributed by atoms with van der Waals surface area (Å²) in [4.78, 5) is 29.8. The number of piperidine rings is 1. The SMILES string of the molecule is O=C(Cc1ccc(F)cc1)NCCNC(=O)C1CCCN(c2ncccc2C(F)(F)F)C1. The van der Waals surface area contributed by atoms with Crippen molar-refractivity contribution in [1.29, 1.82) is 0 Å². The summed E-state index contributed by atoms with van der Waals surface area (Å²) in [7, 11) is 0. The largest absolute Gasteiger partial charge is 0.419 e. The molecule has 1 aromatic carbocycles. The highest BCUT2D eigenvalue weighted by Crippen LogP contribution is 2.36. The van der Waals surface area contributed by atoms with Crippen molar-refractivity contribution in [3.8, 4) is 0 Å². The van der Waals surface area contributed by atoms with Crippen molar-refractivity contribution >= 4 is 17.6 Å². The Morgan fingerprint density at radius 1 is 1.09 bits per heavy atom. The molecule has 32 heavy (non-hydrogen) atoms. The predicted octanol–water partition coefficient (Wildman–Crippen LogP) is 2.93. The number of hydrogen-bond donors (Lipinski definition) is 2. The average Bonchev–Trinajstić information content (AvgIpc) is 2.77. The van der Waals surface area contributed by atoms with Crippen molar-refractivity contribution in [3.05, 3.63) is 59.5 Å². The molecule has 6 nitrogen and oxygen atoms in total. The first-order chi connectivity index (χ1) is 15.2. The van der Waals surface area contributed by atoms with Crippen molar-refractivity contribution < 1.29 is 27.2 Å². The maximum absolute atomic E-state index is 13.3. The minimum atomic E-state index is -4.52. The van der Waals surface area contributed by atoms with Crippen LogP contribution in [0.3, 0.4) is 0 Å². The van der Waals surface area contributed by atoms with E-state index in [4.69, 9.17) is 0 Å². The van der Waals surface area contributed by atoms with Gasteiger partial charge in [0.2, 0.25) is 11.8 Å². The normalized spacial score (nSPS) is 16.5. The minimum Gasteiger partial charge on any atom is -0.355 e. The molecule has 1 aliphatic heterocycles. The Balaban J connectivity index is 1.46. The van der Waals surface area contributed by atoms with E-state index >= 15 is 0 Å². The Morgan fingerprint density at radius 3 is 2.53 bits per heavy atom. The Hall–Kier alpha value is -3.17. The molecule has 0 spiro atoms. The van der Waals surface area contributed by atoms with Gasteiger partial charge >= 0.3 is 6.18 Å². The Morgan fingerprint density at radius 2 is 1.81 bits per heavy atom. The highest BCUT2D eigenvalue weighted by molar-refractivity contribution is 5.80. The number of nitrogens with one attached hydrogen (secondary N) is 2. The molecule has 10 heteroatoms. The smallest absolute Gasteiger partial charge is 0.355 e. The molecule has 2 amide bonds. The summed E-state index contributed by atoms with van der Waals surface area (Å²) >= 11 is 0. The zero-order chi connectivity index (χ0) is 23.1. The van der Waals surface area contributed by atoms with Crippen molar-refractivity contribution in [1.82, 2.24) is 15.6 Å². The molecule has 1 atom stereocenters. The molecule has 0 bridgehead atoms. The van der Waals surface area contributed by atoms with Crippen LogP contribution in [-0.4, -0.2) is 43.0 Å². The van der Waals surface area contributed by atoms with Crippen LogP contribution in [0.15, 0.2) is 42.6 Å². The summed E-state index contributed by atoms with van der Waals surface area (Å²) in [6.45, 7) is 0.939. The van der Waals surface area contributed by atoms with Crippen LogP contribution in [0.4, 0.5) is 23.4 Å². The van der Waals surface area contributed by atoms with Gasteiger partial charge in [0, 0.05) is 32.4 Å². The quantitative estimate of drug-likeness (QED) is 0.501. The summed E-state index contributed by atoms with van der Waals surface area (Å²) in [6, 6.07) is 7.83. The van der Waals surface area contributed by atoms with E-state index in [2.05, 4.69) is 15.6 Å². The molecule has 2 aromatic rings. The fraction of sp³-hybridized carbons (Fsp3) is 0.409. The van der Waals surface area contributed by atoms with Crippen molar-refractivity contribution in [2.24, 2.45) is 5.92 Å². The summed E-state index contributed by atoms with van der Waals surface area (Å²) in [6.07, 6.45) is -1.99. The highest BCUT2D eigenvalue weighted by Gasteiger charge is 2.37. The van der Waals surface area contributed by atoms with Gasteiger partial charge in [0.05, 0.1) is 17.9 Å². The van der Waals surface area contributed by atoms with Crippen LogP contribution in [0.2, 0.25) is 0 Å². The lowest BCUT2D eigenvalue weighted by atomic mass is 9.96. The Kier molecular flexibility index (Phi) is 7.66. The number of aromatic nitrogens is 1. The number of nitrogens with zero attached hydrogens (tertiary/aromatic N) is 2. The van der Waals surface area contributed by atoms with Gasteiger partial charge in [-0.15, -0.1) is 0 Å². The lowest BCUT2D eigenvalue weighted by Gasteiger charge is -2.34. The molecule has 2 N–H and O–H groups in total. The number of amides is 2. The molecule has 1 fully saturated rings. The third-order valence-electron chi connectivity index (χ3n) is 5.21. The van der Waals surface area contributed by atoms with Crippen molar-refractivity contribution in [2.45, 2.75) is 25.4 Å². The summed E-state index contributed by atoms with van der Waals surface area (Å²) < 4.78 is 52.8. The van der Waals surface area contributed by atoms with Crippen LogP contribution in [0.25, 0.3) is 0 Å². The second-order valence-electron chi connectivity index (χ2n) is 7.60. The monoisotopic (exact) mass is 452 g/mol. The average molecular weight is 452 g/mol. The van der Waals surface area contributed by atoms with E-state index in [1.807, 2.05) is 0 Å². The van der Waals surface area contributed by atoms with Crippen LogP contribution in [-0.2, 0) is 22.2 Å². The number of carbonyl (C=O) groups excluding carboxylic acids is 2. The van der Waals surface area contributed by atoms with Crippen LogP contribution in [0, 0.1) is 11.7 Å². The summed E-state index contributed by atoms with van der Waals surface area (Å²) in [5.41, 5.74) is -0.145. The van der Waals surface area contributed by atoms with E-state index in [-0.39, 0.29) is 49.5 Å². The van der Waals surface area contributed by atoms with E-state index in [0.29, 0.717) is 24.9 Å². The third kappa shape index (κ3) is 6.41. The van der Waals surface area contributed by atoms with E-state index in [0.717, 1.165) is 6.07 Å². The van der Waals surface area contributed by atoms with E-state index in [9.17, 15) is 27.2 Å². The minimum absolute atomic E-state index is 0.0947. The number of rotatable bonds is 7. The van der Waals surface area contributed by atoms with Gasteiger partial charge < -0.3 is 15.5 Å². The first-order valence-corrected chi connectivity index (χ1v) is 10.3. The molecular formula is C22H24F4N4O2. The van der Waals surface area contributed by atoms with Crippen LogP contribution in [0.5, 0.6) is 0 Å². The molecule has 0 radical (unpaired) electrons. The van der Waals surface area contributed by atoms with Gasteiger partial charge in [-0.3, -0.25) is 9.59 Å². The molecule has 1 saturated heterocycles. The zero-order valence-electron chi connectivity index (χ0n) is 17.3. The molecule has 2 heterocycles. The van der Waals surface area contributed by atoms with Crippen molar-refractivity contribution in [3.63, 3.8) is 0 Å². The predicted molar refractivity (Wildman–Crippen MR) is 110 cm³/mol. The van der Waals surface area contributed by atoms with Gasteiger partial charge in [0.1, 0.15) is 11.6 Å². The van der Waals surface area contributed by atoms with Crippen LogP contribution < -0.4 is 15.5 Å². The fourth-order valence-corrected chi connectivity index (χ4v) is 3.64. The summed E-state index contributed by atoms with van der Waals surface area (Å²) in [5, 5.41) is 5.39. The third-order valence-corrected chi connectivity index (χ3v) is 5.21. The topological polar surface area (TPSA) is 74.3 Å². The summed E-state index contributed by atoms with van der Waals surface area (Å²) in [5.74, 6) is -1.54. The molecule has 0 aliphatic carbocycles. The van der Waals surface area contributed by atoms with E-state index < -0.39 is 17.7 Å². The maximum atomic E-state index is 13.3. The van der Waals surface area contributed by atoms with Crippen LogP contribution in [0.1, 0.15) is 24.0 Å². The number of halogens is 4. The zero-order valence-corrected chi connectivity index (χ0v) is 17.3. The number of hydrogen-bond acceptors (Lipinski definition) is 4.